The van der Waals surface area contributed by atoms with Crippen LogP contribution >= 0.6 is 0 Å². The summed E-state index contributed by atoms with van der Waals surface area (Å²) in [7, 11) is 0. The molecule has 2 N–H and O–H groups in total. The van der Waals surface area contributed by atoms with Crippen molar-refractivity contribution in [2.45, 2.75) is 32.5 Å². The SMILES string of the molecule is C[C@@H]1CN(C(=O)CN2C[C@@H]3CCOC[C@]3(C(=O)O)C2)C[C@H](C)O1.O=CO. The fourth-order valence-corrected chi connectivity index (χ4v) is 4.19. The average Bonchev–Trinajstić information content (AvgIpc) is 2.94. The Labute approximate surface area is 152 Å². The first-order chi connectivity index (χ1) is 12.3. The maximum absolute atomic E-state index is 12.6. The Balaban J connectivity index is 0.000000758. The van der Waals surface area contributed by atoms with E-state index >= 15 is 0 Å². The summed E-state index contributed by atoms with van der Waals surface area (Å²) in [5, 5.41) is 16.5. The lowest BCUT2D eigenvalue weighted by atomic mass is 9.76. The van der Waals surface area contributed by atoms with Gasteiger partial charge in [-0.25, -0.2) is 0 Å². The van der Waals surface area contributed by atoms with Crippen LogP contribution in [0.3, 0.4) is 0 Å². The number of carbonyl (C=O) groups excluding carboxylic acids is 1. The first kappa shape index (κ1) is 20.6. The number of fused-ring (bicyclic) bond motifs is 1. The van der Waals surface area contributed by atoms with Gasteiger partial charge < -0.3 is 24.6 Å². The van der Waals surface area contributed by atoms with E-state index in [0.717, 1.165) is 6.42 Å². The second-order valence-electron chi connectivity index (χ2n) is 7.33. The van der Waals surface area contributed by atoms with Gasteiger partial charge in [0.25, 0.3) is 6.47 Å². The highest BCUT2D eigenvalue weighted by molar-refractivity contribution is 5.79. The molecule has 0 aliphatic carbocycles. The van der Waals surface area contributed by atoms with Crippen molar-refractivity contribution < 1.29 is 34.1 Å². The van der Waals surface area contributed by atoms with E-state index < -0.39 is 11.4 Å². The molecule has 148 valence electrons. The highest BCUT2D eigenvalue weighted by Crippen LogP contribution is 2.41. The van der Waals surface area contributed by atoms with Crippen molar-refractivity contribution in [1.29, 1.82) is 0 Å². The molecule has 0 spiro atoms. The van der Waals surface area contributed by atoms with Crippen molar-refractivity contribution in [1.82, 2.24) is 9.80 Å². The molecule has 3 fully saturated rings. The molecule has 0 radical (unpaired) electrons. The van der Waals surface area contributed by atoms with Crippen molar-refractivity contribution in [2.75, 3.05) is 45.9 Å². The topological polar surface area (TPSA) is 117 Å². The monoisotopic (exact) mass is 372 g/mol. The molecule has 1 amide bonds. The highest BCUT2D eigenvalue weighted by atomic mass is 16.5. The van der Waals surface area contributed by atoms with Gasteiger partial charge in [-0.2, -0.15) is 0 Å². The Kier molecular flexibility index (Phi) is 6.96. The lowest BCUT2D eigenvalue weighted by Gasteiger charge is -2.36. The number of rotatable bonds is 3. The summed E-state index contributed by atoms with van der Waals surface area (Å²) < 4.78 is 11.1. The van der Waals surface area contributed by atoms with E-state index in [4.69, 9.17) is 19.4 Å². The van der Waals surface area contributed by atoms with Gasteiger partial charge in [-0.1, -0.05) is 0 Å². The lowest BCUT2D eigenvalue weighted by molar-refractivity contribution is -0.160. The summed E-state index contributed by atoms with van der Waals surface area (Å²) in [6.45, 7) is 7.11. The van der Waals surface area contributed by atoms with Crippen LogP contribution in [-0.2, 0) is 23.9 Å². The molecule has 3 heterocycles. The normalized spacial score (nSPS) is 34.4. The molecule has 0 aromatic rings. The van der Waals surface area contributed by atoms with Crippen molar-refractivity contribution in [3.05, 3.63) is 0 Å². The number of carboxylic acids is 1. The molecule has 0 saturated carbocycles. The third-order valence-electron chi connectivity index (χ3n) is 5.29. The molecule has 3 aliphatic heterocycles. The van der Waals surface area contributed by atoms with E-state index in [1.54, 1.807) is 0 Å². The van der Waals surface area contributed by atoms with Gasteiger partial charge in [0.2, 0.25) is 5.91 Å². The zero-order chi connectivity index (χ0) is 19.3. The van der Waals surface area contributed by atoms with Gasteiger partial charge in [-0.05, 0) is 26.2 Å². The lowest BCUT2D eigenvalue weighted by Crippen LogP contribution is -2.51. The third-order valence-corrected chi connectivity index (χ3v) is 5.29. The van der Waals surface area contributed by atoms with Gasteiger partial charge in [0.1, 0.15) is 5.41 Å². The summed E-state index contributed by atoms with van der Waals surface area (Å²) in [6, 6.07) is 0. The zero-order valence-corrected chi connectivity index (χ0v) is 15.3. The largest absolute Gasteiger partial charge is 0.483 e. The first-order valence-corrected chi connectivity index (χ1v) is 8.87. The summed E-state index contributed by atoms with van der Waals surface area (Å²) >= 11 is 0. The standard InChI is InChI=1S/C16H26N2O5.CH2O2/c1-11-5-18(6-12(2)23-11)14(19)8-17-7-13-3-4-22-10-16(13,9-17)15(20)21;2-1-3/h11-13H,3-10H2,1-2H3,(H,20,21);1H,(H,2,3)/t11-,12+,13-,16+;/m0./s1. The van der Waals surface area contributed by atoms with Crippen molar-refractivity contribution in [3.63, 3.8) is 0 Å². The smallest absolute Gasteiger partial charge is 0.313 e. The number of ether oxygens (including phenoxy) is 2. The number of hydrogen-bond donors (Lipinski definition) is 2. The Morgan fingerprint density at radius 1 is 1.23 bits per heavy atom. The predicted octanol–water partition coefficient (Wildman–Crippen LogP) is -0.254. The summed E-state index contributed by atoms with van der Waals surface area (Å²) in [6.07, 6.45) is 0.841. The third kappa shape index (κ3) is 4.52. The minimum Gasteiger partial charge on any atom is -0.483 e. The molecule has 3 rings (SSSR count). The molecule has 4 atom stereocenters. The van der Waals surface area contributed by atoms with Crippen LogP contribution < -0.4 is 0 Å². The fourth-order valence-electron chi connectivity index (χ4n) is 4.19. The number of aliphatic carboxylic acids is 1. The van der Waals surface area contributed by atoms with Gasteiger partial charge in [0, 0.05) is 32.8 Å². The molecule has 0 aromatic carbocycles. The van der Waals surface area contributed by atoms with E-state index in [1.807, 2.05) is 23.6 Å². The molecule has 9 nitrogen and oxygen atoms in total. The Bertz CT molecular complexity index is 519. The van der Waals surface area contributed by atoms with Gasteiger partial charge >= 0.3 is 5.97 Å². The van der Waals surface area contributed by atoms with Crippen LogP contribution in [0.5, 0.6) is 0 Å². The maximum atomic E-state index is 12.6. The summed E-state index contributed by atoms with van der Waals surface area (Å²) in [5.74, 6) is -0.665. The van der Waals surface area contributed by atoms with E-state index in [2.05, 4.69) is 0 Å². The van der Waals surface area contributed by atoms with Crippen LogP contribution in [0.1, 0.15) is 20.3 Å². The number of likely N-dealkylation sites (tertiary alicyclic amines) is 1. The number of hydrogen-bond acceptors (Lipinski definition) is 6. The average molecular weight is 372 g/mol. The van der Waals surface area contributed by atoms with Gasteiger partial charge in [0.15, 0.2) is 0 Å². The van der Waals surface area contributed by atoms with Crippen LogP contribution in [0.25, 0.3) is 0 Å². The van der Waals surface area contributed by atoms with Crippen molar-refractivity contribution in [2.24, 2.45) is 11.3 Å². The molecule has 0 aromatic heterocycles. The predicted molar refractivity (Wildman–Crippen MR) is 90.7 cm³/mol. The van der Waals surface area contributed by atoms with Gasteiger partial charge in [-0.15, -0.1) is 0 Å². The number of nitrogens with zero attached hydrogens (tertiary/aromatic N) is 2. The van der Waals surface area contributed by atoms with Gasteiger partial charge in [0.05, 0.1) is 25.4 Å². The van der Waals surface area contributed by atoms with Crippen LogP contribution in [-0.4, -0.2) is 96.5 Å². The summed E-state index contributed by atoms with van der Waals surface area (Å²) in [4.78, 5) is 36.5. The maximum Gasteiger partial charge on any atom is 0.313 e. The van der Waals surface area contributed by atoms with E-state index in [-0.39, 0.29) is 43.7 Å². The molecule has 0 bridgehead atoms. The number of carbonyl (C=O) groups is 3. The van der Waals surface area contributed by atoms with E-state index in [1.165, 1.54) is 0 Å². The molecule has 3 saturated heterocycles. The van der Waals surface area contributed by atoms with E-state index in [9.17, 15) is 14.7 Å². The van der Waals surface area contributed by atoms with E-state index in [0.29, 0.717) is 32.8 Å². The van der Waals surface area contributed by atoms with Crippen molar-refractivity contribution >= 4 is 18.3 Å². The van der Waals surface area contributed by atoms with Crippen LogP contribution in [0.15, 0.2) is 0 Å². The Morgan fingerprint density at radius 3 is 2.38 bits per heavy atom. The van der Waals surface area contributed by atoms with Crippen molar-refractivity contribution in [3.8, 4) is 0 Å². The summed E-state index contributed by atoms with van der Waals surface area (Å²) in [5.41, 5.74) is -0.843. The molecule has 0 unspecified atom stereocenters. The molecule has 26 heavy (non-hydrogen) atoms. The zero-order valence-electron chi connectivity index (χ0n) is 15.3. The van der Waals surface area contributed by atoms with Crippen LogP contribution in [0.2, 0.25) is 0 Å². The molecular formula is C17H28N2O7. The van der Waals surface area contributed by atoms with Crippen LogP contribution in [0.4, 0.5) is 0 Å². The molecular weight excluding hydrogens is 344 g/mol. The minimum absolute atomic E-state index is 0.0441. The molecule has 3 aliphatic rings. The van der Waals surface area contributed by atoms with Crippen LogP contribution in [0, 0.1) is 11.3 Å². The second kappa shape index (κ2) is 8.79. The first-order valence-electron chi connectivity index (χ1n) is 8.87. The highest BCUT2D eigenvalue weighted by Gasteiger charge is 2.54. The minimum atomic E-state index is -0.843. The second-order valence-corrected chi connectivity index (χ2v) is 7.33. The quantitative estimate of drug-likeness (QED) is 0.651. The van der Waals surface area contributed by atoms with Gasteiger partial charge in [-0.3, -0.25) is 19.3 Å². The Hall–Kier alpha value is -1.71. The molecule has 9 heteroatoms. The number of carboxylic acid groups (broad SMARTS) is 2. The number of amides is 1. The fraction of sp³-hybridized carbons (Fsp3) is 0.824. The Morgan fingerprint density at radius 2 is 1.85 bits per heavy atom. The number of morpholine rings is 1.